The van der Waals surface area contributed by atoms with Crippen LogP contribution >= 0.6 is 14.3 Å². The van der Waals surface area contributed by atoms with Gasteiger partial charge in [-0.3, -0.25) is 0 Å². The van der Waals surface area contributed by atoms with Crippen molar-refractivity contribution in [1.82, 2.24) is 0 Å². The minimum absolute atomic E-state index is 0.540. The van der Waals surface area contributed by atoms with Crippen molar-refractivity contribution in [2.45, 2.75) is 39.3 Å². The van der Waals surface area contributed by atoms with Crippen LogP contribution in [-0.4, -0.2) is 36.2 Å². The summed E-state index contributed by atoms with van der Waals surface area (Å²) in [6, 6.07) is 37.2. The summed E-state index contributed by atoms with van der Waals surface area (Å²) in [7, 11) is 0.729. The van der Waals surface area contributed by atoms with Crippen LogP contribution in [0.25, 0.3) is 0 Å². The molecule has 0 N–H and O–H groups in total. The number of nitrogens with zero attached hydrogens (tertiary/aromatic N) is 2. The van der Waals surface area contributed by atoms with E-state index in [1.54, 1.807) is 10.6 Å². The van der Waals surface area contributed by atoms with Crippen LogP contribution in [0, 0.1) is 0 Å². The summed E-state index contributed by atoms with van der Waals surface area (Å²) in [6.45, 7) is 15.9. The van der Waals surface area contributed by atoms with E-state index in [1.165, 1.54) is 33.4 Å². The summed E-state index contributed by atoms with van der Waals surface area (Å²) in [5.74, 6) is 0. The molecule has 1 aliphatic heterocycles. The van der Waals surface area contributed by atoms with Gasteiger partial charge in [-0.05, 0) is 0 Å². The molecule has 0 saturated carbocycles. The number of para-hydroxylation sites is 4. The Morgan fingerprint density at radius 2 is 0.846 bits per heavy atom. The van der Waals surface area contributed by atoms with Gasteiger partial charge in [0.25, 0.3) is 0 Å². The van der Waals surface area contributed by atoms with Gasteiger partial charge in [0.05, 0.1) is 0 Å². The topological polar surface area (TPSA) is 6.48 Å². The molecule has 2 nitrogen and oxygen atoms in total. The second-order valence-corrected chi connectivity index (χ2v) is 39.7. The van der Waals surface area contributed by atoms with Crippen molar-refractivity contribution < 1.29 is 0 Å². The first-order chi connectivity index (χ1) is 18.4. The molecule has 1 heterocycles. The molecule has 204 valence electrons. The van der Waals surface area contributed by atoms with Crippen LogP contribution in [0.1, 0.15) is 0 Å². The summed E-state index contributed by atoms with van der Waals surface area (Å²) < 4.78 is 0. The summed E-state index contributed by atoms with van der Waals surface area (Å²) in [6.07, 6.45) is 0. The van der Waals surface area contributed by atoms with Crippen molar-refractivity contribution in [1.29, 1.82) is 0 Å². The zero-order valence-corrected chi connectivity index (χ0v) is 29.0. The molecule has 0 saturated heterocycles. The molecule has 4 aromatic carbocycles. The molecule has 0 atom stereocenters. The van der Waals surface area contributed by atoms with Crippen molar-refractivity contribution in [3.63, 3.8) is 0 Å². The first-order valence-electron chi connectivity index (χ1n) is 14.0. The first kappa shape index (κ1) is 28.3. The van der Waals surface area contributed by atoms with Gasteiger partial charge < -0.3 is 0 Å². The molecule has 1 aliphatic rings. The molecule has 0 fully saturated rings. The van der Waals surface area contributed by atoms with Gasteiger partial charge in [0, 0.05) is 0 Å². The fourth-order valence-corrected chi connectivity index (χ4v) is 25.3. The molecular weight excluding hydrogens is 542 g/mol. The number of benzene rings is 4. The monoisotopic (exact) mass is 586 g/mol. The predicted octanol–water partition coefficient (Wildman–Crippen LogP) is 7.97. The number of rotatable bonds is 2. The molecule has 4 aromatic rings. The van der Waals surface area contributed by atoms with E-state index in [1.807, 2.05) is 0 Å². The average molecular weight is 587 g/mol. The SMILES string of the molecule is CN1c2ccccc2P([Si](C)(C)C)c2ccccc2N(C)c2ccccc2[PH](C)([Si](C)(C)C)c2ccccc21. The Kier molecular flexibility index (Phi) is 7.48. The standard InChI is InChI=1S/C33H44N2P2Si2/c1-34-26-18-10-14-22-30(26)36(38(4,5)6)31-23-15-11-19-27(31)35(2)29-21-13-17-25-33(29)37(3,39(7,8)9)32-24-16-12-20-28(32)34/h10-25,37H,1-9H3. The molecule has 0 aromatic heterocycles. The third-order valence-corrected chi connectivity index (χ3v) is 33.9. The normalized spacial score (nSPS) is 18.0. The summed E-state index contributed by atoms with van der Waals surface area (Å²) >= 11 is 0. The average Bonchev–Trinajstić information content (AvgIpc) is 2.91. The van der Waals surface area contributed by atoms with Gasteiger partial charge in [0.1, 0.15) is 0 Å². The van der Waals surface area contributed by atoms with E-state index < -0.39 is 29.8 Å². The maximum absolute atomic E-state index is 2.65. The van der Waals surface area contributed by atoms with E-state index >= 15 is 0 Å². The fourth-order valence-electron chi connectivity index (χ4n) is 6.32. The predicted molar refractivity (Wildman–Crippen MR) is 188 cm³/mol. The van der Waals surface area contributed by atoms with Crippen molar-refractivity contribution in [2.75, 3.05) is 30.6 Å². The quantitative estimate of drug-likeness (QED) is 0.174. The van der Waals surface area contributed by atoms with E-state index in [4.69, 9.17) is 0 Å². The minimum atomic E-state index is -2.17. The van der Waals surface area contributed by atoms with Gasteiger partial charge in [-0.2, -0.15) is 0 Å². The Balaban J connectivity index is 1.98. The number of anilines is 4. The van der Waals surface area contributed by atoms with E-state index in [2.05, 4.69) is 167 Å². The second kappa shape index (κ2) is 10.3. The van der Waals surface area contributed by atoms with E-state index in [0.29, 0.717) is 0 Å². The Hall–Kier alpha value is -2.23. The van der Waals surface area contributed by atoms with Crippen LogP contribution in [0.5, 0.6) is 0 Å². The molecule has 0 bridgehead atoms. The Bertz CT molecular complexity index is 1410. The molecule has 0 radical (unpaired) electrons. The van der Waals surface area contributed by atoms with E-state index in [9.17, 15) is 0 Å². The third-order valence-electron chi connectivity index (χ3n) is 8.75. The van der Waals surface area contributed by atoms with Crippen molar-refractivity contribution in [3.05, 3.63) is 97.1 Å². The van der Waals surface area contributed by atoms with Crippen LogP contribution in [0.2, 0.25) is 39.3 Å². The Labute approximate surface area is 239 Å². The van der Waals surface area contributed by atoms with Crippen LogP contribution < -0.4 is 31.0 Å². The number of fused-ring (bicyclic) bond motifs is 4. The molecule has 0 spiro atoms. The molecule has 0 aliphatic carbocycles. The zero-order chi connectivity index (χ0) is 28.2. The number of hydrogen-bond acceptors (Lipinski definition) is 2. The van der Waals surface area contributed by atoms with Gasteiger partial charge in [0.2, 0.25) is 0 Å². The van der Waals surface area contributed by atoms with Crippen molar-refractivity contribution in [3.8, 4) is 0 Å². The van der Waals surface area contributed by atoms with Gasteiger partial charge in [-0.15, -0.1) is 0 Å². The molecule has 39 heavy (non-hydrogen) atoms. The van der Waals surface area contributed by atoms with Crippen LogP contribution in [0.3, 0.4) is 0 Å². The summed E-state index contributed by atoms with van der Waals surface area (Å²) in [5, 5.41) is 6.15. The molecule has 0 amide bonds. The summed E-state index contributed by atoms with van der Waals surface area (Å²) in [5.41, 5.74) is 5.46. The number of hydrogen-bond donors (Lipinski definition) is 0. The van der Waals surface area contributed by atoms with Gasteiger partial charge in [-0.25, -0.2) is 0 Å². The van der Waals surface area contributed by atoms with Gasteiger partial charge in [-0.1, -0.05) is 0 Å². The van der Waals surface area contributed by atoms with Gasteiger partial charge >= 0.3 is 241 Å². The van der Waals surface area contributed by atoms with Crippen molar-refractivity contribution in [2.24, 2.45) is 0 Å². The zero-order valence-electron chi connectivity index (χ0n) is 25.1. The third kappa shape index (κ3) is 4.74. The second-order valence-electron chi connectivity index (χ2n) is 13.0. The Morgan fingerprint density at radius 3 is 1.21 bits per heavy atom. The molecule has 0 unspecified atom stereocenters. The van der Waals surface area contributed by atoms with Crippen molar-refractivity contribution >= 4 is 73.7 Å². The van der Waals surface area contributed by atoms with Crippen LogP contribution in [0.15, 0.2) is 97.1 Å². The summed E-state index contributed by atoms with van der Waals surface area (Å²) in [4.78, 5) is 5.06. The molecular formula is C33H44N2P2Si2. The molecule has 5 rings (SSSR count). The first-order valence-corrected chi connectivity index (χ1v) is 26.7. The fraction of sp³-hybridized carbons (Fsp3) is 0.273. The Morgan fingerprint density at radius 1 is 0.513 bits per heavy atom. The maximum atomic E-state index is 2.65. The molecule has 6 heteroatoms. The van der Waals surface area contributed by atoms with Gasteiger partial charge in [0.15, 0.2) is 0 Å². The van der Waals surface area contributed by atoms with E-state index in [-0.39, 0.29) is 0 Å². The van der Waals surface area contributed by atoms with Crippen LogP contribution in [0.4, 0.5) is 22.7 Å². The van der Waals surface area contributed by atoms with Crippen LogP contribution in [-0.2, 0) is 0 Å². The van der Waals surface area contributed by atoms with E-state index in [0.717, 1.165) is 0 Å².